The Morgan fingerprint density at radius 1 is 1.29 bits per heavy atom. The number of fused-ring (bicyclic) bond motifs is 2. The van der Waals surface area contributed by atoms with Crippen LogP contribution in [-0.2, 0) is 0 Å². The molecule has 2 heterocycles. The Morgan fingerprint density at radius 2 is 2.10 bits per heavy atom. The Kier molecular flexibility index (Phi) is 2.94. The number of nitrogens with two attached hydrogens (primary N) is 1. The lowest BCUT2D eigenvalue weighted by atomic mass is 10.00. The van der Waals surface area contributed by atoms with E-state index in [0.717, 1.165) is 29.5 Å². The van der Waals surface area contributed by atoms with E-state index in [-0.39, 0.29) is 17.9 Å². The smallest absolute Gasteiger partial charge is 0.266 e. The van der Waals surface area contributed by atoms with Gasteiger partial charge in [-0.2, -0.15) is 0 Å². The molecule has 2 fully saturated rings. The second-order valence-electron chi connectivity index (χ2n) is 6.12. The second kappa shape index (κ2) is 4.71. The molecule has 1 saturated carbocycles. The van der Waals surface area contributed by atoms with Gasteiger partial charge in [0.05, 0.1) is 11.8 Å². The first kappa shape index (κ1) is 13.1. The van der Waals surface area contributed by atoms with Crippen LogP contribution in [0.15, 0.2) is 24.3 Å². The zero-order chi connectivity index (χ0) is 14.6. The normalized spacial score (nSPS) is 28.2. The van der Waals surface area contributed by atoms with E-state index in [2.05, 4.69) is 0 Å². The third kappa shape index (κ3) is 1.95. The summed E-state index contributed by atoms with van der Waals surface area (Å²) in [7, 11) is 0. The van der Waals surface area contributed by atoms with Crippen molar-refractivity contribution in [2.24, 2.45) is 11.8 Å². The molecule has 3 N–H and O–H groups in total. The van der Waals surface area contributed by atoms with Crippen LogP contribution in [0.5, 0.6) is 0 Å². The summed E-state index contributed by atoms with van der Waals surface area (Å²) in [5, 5.41) is 10.9. The molecule has 4 nitrogen and oxygen atoms in total. The van der Waals surface area contributed by atoms with Gasteiger partial charge in [0, 0.05) is 29.1 Å². The predicted octanol–water partition coefficient (Wildman–Crippen LogP) is 2.33. The van der Waals surface area contributed by atoms with Gasteiger partial charge in [-0.25, -0.2) is 0 Å². The zero-order valence-electron chi connectivity index (χ0n) is 11.7. The maximum Gasteiger partial charge on any atom is 0.266 e. The fourth-order valence-corrected chi connectivity index (χ4v) is 4.86. The number of benzene rings is 1. The van der Waals surface area contributed by atoms with Crippen LogP contribution in [0.2, 0.25) is 0 Å². The van der Waals surface area contributed by atoms with Gasteiger partial charge in [0.25, 0.3) is 5.91 Å². The number of hydrogen-bond donors (Lipinski definition) is 2. The highest BCUT2D eigenvalue weighted by molar-refractivity contribution is 7.21. The number of carbonyl (C=O) groups excluding carboxylic acids is 1. The summed E-state index contributed by atoms with van der Waals surface area (Å²) >= 11 is 1.47. The lowest BCUT2D eigenvalue weighted by molar-refractivity contribution is 0.0758. The van der Waals surface area contributed by atoms with Gasteiger partial charge in [-0.15, -0.1) is 11.3 Å². The Morgan fingerprint density at radius 3 is 2.86 bits per heavy atom. The number of rotatable bonds is 1. The van der Waals surface area contributed by atoms with Gasteiger partial charge in [0.1, 0.15) is 4.88 Å². The predicted molar refractivity (Wildman–Crippen MR) is 84.4 cm³/mol. The summed E-state index contributed by atoms with van der Waals surface area (Å²) in [5.41, 5.74) is 6.76. The first-order valence-electron chi connectivity index (χ1n) is 7.39. The van der Waals surface area contributed by atoms with E-state index >= 15 is 0 Å². The Labute approximate surface area is 127 Å². The van der Waals surface area contributed by atoms with Crippen molar-refractivity contribution in [1.29, 1.82) is 0 Å². The SMILES string of the molecule is Nc1c(C(=O)N2CC3CCC(O)C3C2)sc2ccccc12. The molecular weight excluding hydrogens is 284 g/mol. The summed E-state index contributed by atoms with van der Waals surface area (Å²) in [5.74, 6) is 0.736. The molecule has 3 unspecified atom stereocenters. The number of likely N-dealkylation sites (tertiary alicyclic amines) is 1. The monoisotopic (exact) mass is 302 g/mol. The van der Waals surface area contributed by atoms with E-state index in [0.29, 0.717) is 23.0 Å². The lowest BCUT2D eigenvalue weighted by Gasteiger charge is -2.18. The van der Waals surface area contributed by atoms with Crippen LogP contribution in [0.3, 0.4) is 0 Å². The number of nitrogen functional groups attached to an aromatic ring is 1. The van der Waals surface area contributed by atoms with Crippen LogP contribution in [0.25, 0.3) is 10.1 Å². The summed E-state index contributed by atoms with van der Waals surface area (Å²) in [6.45, 7) is 1.42. The standard InChI is InChI=1S/C16H18N2O2S/c17-14-10-3-1-2-4-13(10)21-15(14)16(20)18-7-9-5-6-12(19)11(9)8-18/h1-4,9,11-12,19H,5-8,17H2. The minimum atomic E-state index is -0.243. The molecule has 2 aromatic rings. The maximum atomic E-state index is 12.7. The molecule has 1 saturated heterocycles. The largest absolute Gasteiger partial charge is 0.397 e. The van der Waals surface area contributed by atoms with Crippen molar-refractivity contribution in [3.8, 4) is 0 Å². The molecule has 1 aliphatic carbocycles. The van der Waals surface area contributed by atoms with E-state index in [9.17, 15) is 9.90 Å². The van der Waals surface area contributed by atoms with Crippen molar-refractivity contribution >= 4 is 33.0 Å². The molecule has 4 rings (SSSR count). The minimum absolute atomic E-state index is 0.0234. The van der Waals surface area contributed by atoms with Crippen molar-refractivity contribution in [3.63, 3.8) is 0 Å². The van der Waals surface area contributed by atoms with Crippen LogP contribution in [-0.4, -0.2) is 35.1 Å². The molecule has 1 aliphatic heterocycles. The van der Waals surface area contributed by atoms with Gasteiger partial charge in [0.15, 0.2) is 0 Å². The molecule has 21 heavy (non-hydrogen) atoms. The van der Waals surface area contributed by atoms with E-state index in [1.165, 1.54) is 11.3 Å². The Hall–Kier alpha value is -1.59. The summed E-state index contributed by atoms with van der Waals surface area (Å²) in [4.78, 5) is 15.3. The molecule has 1 amide bonds. The molecule has 1 aromatic carbocycles. The first-order chi connectivity index (χ1) is 10.1. The highest BCUT2D eigenvalue weighted by Gasteiger charge is 2.43. The topological polar surface area (TPSA) is 66.6 Å². The van der Waals surface area contributed by atoms with Crippen LogP contribution in [0.1, 0.15) is 22.5 Å². The molecule has 1 aromatic heterocycles. The number of aliphatic hydroxyl groups excluding tert-OH is 1. The van der Waals surface area contributed by atoms with Crippen LogP contribution >= 0.6 is 11.3 Å². The zero-order valence-corrected chi connectivity index (χ0v) is 12.5. The van der Waals surface area contributed by atoms with E-state index < -0.39 is 0 Å². The molecule has 3 atom stereocenters. The average Bonchev–Trinajstić information content (AvgIpc) is 3.15. The molecule has 0 bridgehead atoms. The van der Waals surface area contributed by atoms with Gasteiger partial charge >= 0.3 is 0 Å². The fourth-order valence-electron chi connectivity index (χ4n) is 3.77. The van der Waals surface area contributed by atoms with Crippen molar-refractivity contribution in [2.45, 2.75) is 18.9 Å². The second-order valence-corrected chi connectivity index (χ2v) is 7.17. The fraction of sp³-hybridized carbons (Fsp3) is 0.438. The average molecular weight is 302 g/mol. The molecule has 110 valence electrons. The van der Waals surface area contributed by atoms with Crippen molar-refractivity contribution in [1.82, 2.24) is 4.90 Å². The van der Waals surface area contributed by atoms with Crippen molar-refractivity contribution < 1.29 is 9.90 Å². The highest BCUT2D eigenvalue weighted by Crippen LogP contribution is 2.40. The molecule has 0 spiro atoms. The summed E-state index contributed by atoms with van der Waals surface area (Å²) in [6.07, 6.45) is 1.66. The van der Waals surface area contributed by atoms with Crippen molar-refractivity contribution in [2.75, 3.05) is 18.8 Å². The molecule has 2 aliphatic rings. The maximum absolute atomic E-state index is 12.7. The van der Waals surface area contributed by atoms with E-state index in [1.807, 2.05) is 29.2 Å². The van der Waals surface area contributed by atoms with Crippen molar-refractivity contribution in [3.05, 3.63) is 29.1 Å². The molecule has 0 radical (unpaired) electrons. The number of carbonyl (C=O) groups is 1. The quantitative estimate of drug-likeness (QED) is 0.849. The van der Waals surface area contributed by atoms with Gasteiger partial charge < -0.3 is 15.7 Å². The van der Waals surface area contributed by atoms with Crippen LogP contribution < -0.4 is 5.73 Å². The lowest BCUT2D eigenvalue weighted by Crippen LogP contribution is -2.30. The van der Waals surface area contributed by atoms with Gasteiger partial charge in [-0.05, 0) is 24.8 Å². The number of aliphatic hydroxyl groups is 1. The van der Waals surface area contributed by atoms with Gasteiger partial charge in [0.2, 0.25) is 0 Å². The summed E-state index contributed by atoms with van der Waals surface area (Å²) in [6, 6.07) is 7.86. The van der Waals surface area contributed by atoms with Crippen LogP contribution in [0, 0.1) is 11.8 Å². The highest BCUT2D eigenvalue weighted by atomic mass is 32.1. The van der Waals surface area contributed by atoms with E-state index in [4.69, 9.17) is 5.73 Å². The third-order valence-corrected chi connectivity index (χ3v) is 6.11. The third-order valence-electron chi connectivity index (χ3n) is 4.93. The number of thiophene rings is 1. The van der Waals surface area contributed by atoms with Crippen LogP contribution in [0.4, 0.5) is 5.69 Å². The van der Waals surface area contributed by atoms with Gasteiger partial charge in [-0.1, -0.05) is 18.2 Å². The first-order valence-corrected chi connectivity index (χ1v) is 8.21. The summed E-state index contributed by atoms with van der Waals surface area (Å²) < 4.78 is 1.05. The molecule has 5 heteroatoms. The Balaban J connectivity index is 1.64. The number of anilines is 1. The van der Waals surface area contributed by atoms with Gasteiger partial charge in [-0.3, -0.25) is 4.79 Å². The number of nitrogens with zero attached hydrogens (tertiary/aromatic N) is 1. The Bertz CT molecular complexity index is 711. The van der Waals surface area contributed by atoms with E-state index in [1.54, 1.807) is 0 Å². The minimum Gasteiger partial charge on any atom is -0.397 e. The number of amides is 1. The number of hydrogen-bond acceptors (Lipinski definition) is 4. The molecular formula is C16H18N2O2S.